The van der Waals surface area contributed by atoms with E-state index in [1.54, 1.807) is 6.92 Å². The van der Waals surface area contributed by atoms with Crippen LogP contribution in [-0.4, -0.2) is 135 Å². The van der Waals surface area contributed by atoms with Crippen LogP contribution in [0.5, 0.6) is 0 Å². The van der Waals surface area contributed by atoms with Crippen LogP contribution in [0.25, 0.3) is 0 Å². The maximum absolute atomic E-state index is 12.8. The van der Waals surface area contributed by atoms with E-state index >= 15 is 0 Å². The van der Waals surface area contributed by atoms with Gasteiger partial charge in [-0.25, -0.2) is 0 Å². The molecule has 0 aromatic heterocycles. The Hall–Kier alpha value is -1.05. The summed E-state index contributed by atoms with van der Waals surface area (Å²) in [6.07, 6.45) is -7.05. The highest BCUT2D eigenvalue weighted by molar-refractivity contribution is 5.81. The number of carbonyl (C=O) groups excluding carboxylic acids is 1. The molecule has 1 aliphatic carbocycles. The van der Waals surface area contributed by atoms with E-state index in [1.165, 1.54) is 6.92 Å². The van der Waals surface area contributed by atoms with Crippen LogP contribution in [-0.2, 0) is 23.7 Å². The molecule has 2 aliphatic heterocycles. The second-order valence-corrected chi connectivity index (χ2v) is 12.2. The van der Waals surface area contributed by atoms with E-state index in [4.69, 9.17) is 41.3 Å². The molecule has 0 spiro atoms. The van der Waals surface area contributed by atoms with Gasteiger partial charge in [-0.05, 0) is 58.4 Å². The van der Waals surface area contributed by atoms with Crippen molar-refractivity contribution >= 4 is 5.91 Å². The van der Waals surface area contributed by atoms with Gasteiger partial charge in [0.15, 0.2) is 18.7 Å². The summed E-state index contributed by atoms with van der Waals surface area (Å²) in [6, 6.07) is -2.30. The van der Waals surface area contributed by atoms with Gasteiger partial charge in [0.2, 0.25) is 0 Å². The van der Waals surface area contributed by atoms with Gasteiger partial charge < -0.3 is 72.1 Å². The average molecular weight is 609 g/mol. The topological polar surface area (TPSA) is 265 Å². The predicted molar refractivity (Wildman–Crippen MR) is 148 cm³/mol. The van der Waals surface area contributed by atoms with Gasteiger partial charge in [-0.2, -0.15) is 0 Å². The Bertz CT molecular complexity index is 842. The number of hydrogen-bond donors (Lipinski definition) is 10. The van der Waals surface area contributed by atoms with Crippen molar-refractivity contribution in [3.8, 4) is 0 Å². The molecule has 1 saturated carbocycles. The zero-order chi connectivity index (χ0) is 31.2. The molecule has 13 N–H and O–H groups in total. The van der Waals surface area contributed by atoms with Crippen LogP contribution in [0.4, 0.5) is 0 Å². The van der Waals surface area contributed by atoms with E-state index in [9.17, 15) is 30.3 Å². The summed E-state index contributed by atoms with van der Waals surface area (Å²) in [7, 11) is 0. The molecule has 14 atom stereocenters. The van der Waals surface area contributed by atoms with Crippen molar-refractivity contribution < 1.29 is 54.4 Å². The summed E-state index contributed by atoms with van der Waals surface area (Å²) in [5.74, 6) is -1.57. The molecular weight excluding hydrogens is 556 g/mol. The molecule has 2 saturated heterocycles. The van der Waals surface area contributed by atoms with Gasteiger partial charge in [0, 0.05) is 18.6 Å². The Labute approximate surface area is 246 Å². The van der Waals surface area contributed by atoms with E-state index in [1.807, 2.05) is 0 Å². The number of unbranched alkanes of at least 4 members (excludes halogenated alkanes) is 1. The van der Waals surface area contributed by atoms with Crippen LogP contribution >= 0.6 is 0 Å². The molecule has 42 heavy (non-hydrogen) atoms. The first kappa shape index (κ1) is 35.4. The van der Waals surface area contributed by atoms with Gasteiger partial charge in [-0.1, -0.05) is 6.92 Å². The summed E-state index contributed by atoms with van der Waals surface area (Å²) in [5.41, 5.74) is 16.8. The Balaban J connectivity index is 1.78. The lowest BCUT2D eigenvalue weighted by atomic mass is 9.82. The minimum Gasteiger partial charge on any atom is -0.396 e. The van der Waals surface area contributed by atoms with Crippen LogP contribution in [0.1, 0.15) is 58.8 Å². The van der Waals surface area contributed by atoms with Gasteiger partial charge in [0.25, 0.3) is 5.91 Å². The normalized spacial score (nSPS) is 42.6. The highest BCUT2D eigenvalue weighted by Crippen LogP contribution is 2.34. The number of nitrogens with two attached hydrogens (primary N) is 3. The minimum absolute atomic E-state index is 0.0141. The molecule has 15 heteroatoms. The quantitative estimate of drug-likeness (QED) is 0.0910. The van der Waals surface area contributed by atoms with E-state index in [0.717, 1.165) is 12.8 Å². The van der Waals surface area contributed by atoms with Gasteiger partial charge in [-0.15, -0.1) is 0 Å². The summed E-state index contributed by atoms with van der Waals surface area (Å²) in [4.78, 5) is 12.8. The highest BCUT2D eigenvalue weighted by Gasteiger charge is 2.51. The van der Waals surface area contributed by atoms with E-state index in [2.05, 4.69) is 5.32 Å². The van der Waals surface area contributed by atoms with E-state index < -0.39 is 84.8 Å². The lowest BCUT2D eigenvalue weighted by Crippen LogP contribution is -2.68. The monoisotopic (exact) mass is 608 g/mol. The number of nitrogens with one attached hydrogen (secondary N) is 1. The zero-order valence-corrected chi connectivity index (χ0v) is 24.5. The third-order valence-corrected chi connectivity index (χ3v) is 8.77. The average Bonchev–Trinajstić information content (AvgIpc) is 2.94. The standard InChI is InChI=1S/C27H52N4O11/c1-13-19(34)26(39-12-27(13,2)38)42-23-17(31-24(37)20(35)18(33)8-9-28)11-16(30)22(21(23)36)41-25-15(29)7-6-14(40-25)5-3-4-10-32/h13-23,25-26,32-36,38H,3-12,28-30H2,1-2H3,(H,31,37)/t13-,14-,15?,16+,17-,18+,19?,20+,21?,22?,23?,25-,26-,27?/m1/s1. The number of hydrogen-bond acceptors (Lipinski definition) is 14. The van der Waals surface area contributed by atoms with E-state index in [-0.39, 0.29) is 38.7 Å². The Morgan fingerprint density at radius 1 is 1.07 bits per heavy atom. The van der Waals surface area contributed by atoms with Crippen LogP contribution in [0.15, 0.2) is 0 Å². The van der Waals surface area contributed by atoms with Crippen molar-refractivity contribution in [2.75, 3.05) is 19.8 Å². The van der Waals surface area contributed by atoms with Crippen molar-refractivity contribution in [2.24, 2.45) is 23.1 Å². The second-order valence-electron chi connectivity index (χ2n) is 12.2. The first-order valence-electron chi connectivity index (χ1n) is 15.0. The van der Waals surface area contributed by atoms with Gasteiger partial charge in [0.1, 0.15) is 24.4 Å². The third kappa shape index (κ3) is 8.78. The molecule has 6 unspecified atom stereocenters. The van der Waals surface area contributed by atoms with Crippen molar-refractivity contribution in [1.29, 1.82) is 0 Å². The fourth-order valence-corrected chi connectivity index (χ4v) is 5.73. The number of rotatable bonds is 13. The number of aliphatic hydroxyl groups excluding tert-OH is 5. The lowest BCUT2D eigenvalue weighted by molar-refractivity contribution is -0.314. The molecule has 0 bridgehead atoms. The summed E-state index contributed by atoms with van der Waals surface area (Å²) in [6.45, 7) is 3.15. The molecule has 15 nitrogen and oxygen atoms in total. The Morgan fingerprint density at radius 2 is 1.76 bits per heavy atom. The fraction of sp³-hybridized carbons (Fsp3) is 0.963. The fourth-order valence-electron chi connectivity index (χ4n) is 5.73. The molecule has 0 aromatic carbocycles. The molecule has 3 aliphatic rings. The Kier molecular flexibility index (Phi) is 13.3. The van der Waals surface area contributed by atoms with E-state index in [0.29, 0.717) is 19.3 Å². The predicted octanol–water partition coefficient (Wildman–Crippen LogP) is -3.50. The lowest BCUT2D eigenvalue weighted by Gasteiger charge is -2.48. The van der Waals surface area contributed by atoms with Gasteiger partial charge >= 0.3 is 0 Å². The second kappa shape index (κ2) is 15.8. The molecular formula is C27H52N4O11. The van der Waals surface area contributed by atoms with Crippen LogP contribution in [0.2, 0.25) is 0 Å². The van der Waals surface area contributed by atoms with Crippen molar-refractivity contribution in [1.82, 2.24) is 5.32 Å². The SMILES string of the molecule is C[C@@H]1C(O)[C@@H](OC2C(O)C(O[C@H]3O[C@H](CCCCO)CCC3N)[C@@H](N)C[C@H]2NC(=O)[C@@H](O)[C@@H](O)CCN)OCC1(C)O. The van der Waals surface area contributed by atoms with Crippen molar-refractivity contribution in [2.45, 2.75) is 138 Å². The molecule has 2 heterocycles. The number of ether oxygens (including phenoxy) is 4. The van der Waals surface area contributed by atoms with Gasteiger partial charge in [-0.3, -0.25) is 4.79 Å². The first-order chi connectivity index (χ1) is 19.8. The number of amides is 1. The molecule has 1 amide bonds. The molecule has 3 rings (SSSR count). The third-order valence-electron chi connectivity index (χ3n) is 8.77. The molecule has 246 valence electrons. The summed E-state index contributed by atoms with van der Waals surface area (Å²) >= 11 is 0. The van der Waals surface area contributed by atoms with Crippen molar-refractivity contribution in [3.63, 3.8) is 0 Å². The highest BCUT2D eigenvalue weighted by atomic mass is 16.7. The first-order valence-corrected chi connectivity index (χ1v) is 15.0. The summed E-state index contributed by atoms with van der Waals surface area (Å²) in [5, 5.41) is 64.9. The maximum atomic E-state index is 12.8. The molecule has 3 fully saturated rings. The summed E-state index contributed by atoms with van der Waals surface area (Å²) < 4.78 is 23.9. The largest absolute Gasteiger partial charge is 0.396 e. The van der Waals surface area contributed by atoms with Gasteiger partial charge in [0.05, 0.1) is 36.5 Å². The van der Waals surface area contributed by atoms with Crippen LogP contribution < -0.4 is 22.5 Å². The molecule has 0 aromatic rings. The molecule has 0 radical (unpaired) electrons. The smallest absolute Gasteiger partial charge is 0.251 e. The Morgan fingerprint density at radius 3 is 2.43 bits per heavy atom. The minimum atomic E-state index is -1.79. The zero-order valence-electron chi connectivity index (χ0n) is 24.5. The maximum Gasteiger partial charge on any atom is 0.251 e. The van der Waals surface area contributed by atoms with Crippen LogP contribution in [0.3, 0.4) is 0 Å². The number of aliphatic hydroxyl groups is 6. The van der Waals surface area contributed by atoms with Crippen molar-refractivity contribution in [3.05, 3.63) is 0 Å². The number of carbonyl (C=O) groups is 1. The van der Waals surface area contributed by atoms with Crippen LogP contribution in [0, 0.1) is 5.92 Å².